The van der Waals surface area contributed by atoms with Gasteiger partial charge in [-0.1, -0.05) is 30.3 Å². The third-order valence-corrected chi connectivity index (χ3v) is 4.93. The number of benzene rings is 2. The Morgan fingerprint density at radius 3 is 2.60 bits per heavy atom. The zero-order valence-electron chi connectivity index (χ0n) is 14.2. The molecule has 0 radical (unpaired) electrons. The number of fused-ring (bicyclic) bond motifs is 1. The highest BCUT2D eigenvalue weighted by Crippen LogP contribution is 2.26. The van der Waals surface area contributed by atoms with Crippen molar-refractivity contribution in [3.63, 3.8) is 0 Å². The molecule has 128 valence electrons. The summed E-state index contributed by atoms with van der Waals surface area (Å²) in [4.78, 5) is 7.00. The molecule has 2 aromatic carbocycles. The molecule has 1 aliphatic heterocycles. The second-order valence-electron chi connectivity index (χ2n) is 6.61. The topological polar surface area (TPSA) is 28.2 Å². The standard InChI is InChI=1S/C21H22FN3/c22-18-9-7-16(8-10-18)21(25-11-3-4-12-25)15-23-19-13-17-5-1-2-6-20(17)24-14-19/h1-2,5-10,13-14,21,23H,3-4,11-12,15H2. The molecule has 0 amide bonds. The Morgan fingerprint density at radius 1 is 1.04 bits per heavy atom. The van der Waals surface area contributed by atoms with E-state index >= 15 is 0 Å². The summed E-state index contributed by atoms with van der Waals surface area (Å²) in [6.07, 6.45) is 4.35. The average molecular weight is 335 g/mol. The lowest BCUT2D eigenvalue weighted by molar-refractivity contribution is 0.256. The van der Waals surface area contributed by atoms with Crippen LogP contribution in [0.5, 0.6) is 0 Å². The number of anilines is 1. The Kier molecular flexibility index (Phi) is 4.61. The van der Waals surface area contributed by atoms with E-state index in [1.807, 2.05) is 36.5 Å². The molecule has 1 N–H and O–H groups in total. The molecule has 0 saturated carbocycles. The fraction of sp³-hybridized carbons (Fsp3) is 0.286. The highest BCUT2D eigenvalue weighted by atomic mass is 19.1. The van der Waals surface area contributed by atoms with Gasteiger partial charge in [-0.25, -0.2) is 4.39 Å². The minimum atomic E-state index is -0.185. The van der Waals surface area contributed by atoms with E-state index in [4.69, 9.17) is 0 Å². The second kappa shape index (κ2) is 7.19. The molecule has 3 nitrogen and oxygen atoms in total. The van der Waals surface area contributed by atoms with Gasteiger partial charge in [0.25, 0.3) is 0 Å². The van der Waals surface area contributed by atoms with Gasteiger partial charge in [-0.2, -0.15) is 0 Å². The average Bonchev–Trinajstić information content (AvgIpc) is 3.18. The van der Waals surface area contributed by atoms with E-state index in [0.717, 1.165) is 41.8 Å². The lowest BCUT2D eigenvalue weighted by Gasteiger charge is -2.28. The highest BCUT2D eigenvalue weighted by molar-refractivity contribution is 5.81. The van der Waals surface area contributed by atoms with Crippen LogP contribution in [-0.2, 0) is 0 Å². The van der Waals surface area contributed by atoms with Crippen molar-refractivity contribution in [2.45, 2.75) is 18.9 Å². The van der Waals surface area contributed by atoms with Crippen LogP contribution >= 0.6 is 0 Å². The minimum Gasteiger partial charge on any atom is -0.382 e. The Labute approximate surface area is 147 Å². The van der Waals surface area contributed by atoms with Gasteiger partial charge in [0, 0.05) is 11.9 Å². The van der Waals surface area contributed by atoms with E-state index in [-0.39, 0.29) is 11.9 Å². The molecule has 0 spiro atoms. The van der Waals surface area contributed by atoms with Crippen LogP contribution in [0.2, 0.25) is 0 Å². The summed E-state index contributed by atoms with van der Waals surface area (Å²) in [6.45, 7) is 2.98. The number of hydrogen-bond donors (Lipinski definition) is 1. The van der Waals surface area contributed by atoms with Gasteiger partial charge < -0.3 is 5.32 Å². The maximum atomic E-state index is 13.3. The third kappa shape index (κ3) is 3.64. The van der Waals surface area contributed by atoms with Crippen LogP contribution in [0.3, 0.4) is 0 Å². The quantitative estimate of drug-likeness (QED) is 0.737. The fourth-order valence-corrected chi connectivity index (χ4v) is 3.58. The normalized spacial score (nSPS) is 16.2. The molecular weight excluding hydrogens is 313 g/mol. The van der Waals surface area contributed by atoms with Crippen molar-refractivity contribution in [1.29, 1.82) is 0 Å². The number of hydrogen-bond acceptors (Lipinski definition) is 3. The smallest absolute Gasteiger partial charge is 0.123 e. The number of likely N-dealkylation sites (tertiary alicyclic amines) is 1. The molecule has 4 heteroatoms. The number of halogens is 1. The van der Waals surface area contributed by atoms with Crippen LogP contribution < -0.4 is 5.32 Å². The van der Waals surface area contributed by atoms with Crippen LogP contribution in [0.25, 0.3) is 10.9 Å². The molecule has 4 rings (SSSR count). The molecule has 25 heavy (non-hydrogen) atoms. The van der Waals surface area contributed by atoms with Crippen molar-refractivity contribution in [2.75, 3.05) is 25.0 Å². The zero-order chi connectivity index (χ0) is 17.1. The van der Waals surface area contributed by atoms with Gasteiger partial charge >= 0.3 is 0 Å². The number of nitrogens with zero attached hydrogens (tertiary/aromatic N) is 2. The second-order valence-corrected chi connectivity index (χ2v) is 6.61. The zero-order valence-corrected chi connectivity index (χ0v) is 14.2. The first-order valence-corrected chi connectivity index (χ1v) is 8.88. The molecule has 0 bridgehead atoms. The van der Waals surface area contributed by atoms with Crippen LogP contribution in [0, 0.1) is 5.82 Å². The lowest BCUT2D eigenvalue weighted by Crippen LogP contribution is -2.31. The van der Waals surface area contributed by atoms with Gasteiger partial charge in [-0.15, -0.1) is 0 Å². The van der Waals surface area contributed by atoms with Gasteiger partial charge in [-0.3, -0.25) is 9.88 Å². The minimum absolute atomic E-state index is 0.185. The van der Waals surface area contributed by atoms with Crippen molar-refractivity contribution in [2.24, 2.45) is 0 Å². The van der Waals surface area contributed by atoms with Crippen LogP contribution in [0.4, 0.5) is 10.1 Å². The van der Waals surface area contributed by atoms with E-state index in [1.165, 1.54) is 12.8 Å². The molecule has 1 aromatic heterocycles. The number of para-hydroxylation sites is 1. The van der Waals surface area contributed by atoms with Crippen molar-refractivity contribution >= 4 is 16.6 Å². The number of rotatable bonds is 5. The molecule has 3 aromatic rings. The summed E-state index contributed by atoms with van der Waals surface area (Å²) in [6, 6.07) is 17.4. The Morgan fingerprint density at radius 2 is 1.80 bits per heavy atom. The largest absolute Gasteiger partial charge is 0.382 e. The number of nitrogens with one attached hydrogen (secondary N) is 1. The molecular formula is C21H22FN3. The molecule has 2 heterocycles. The Balaban J connectivity index is 1.54. The van der Waals surface area contributed by atoms with Gasteiger partial charge in [0.15, 0.2) is 0 Å². The summed E-state index contributed by atoms with van der Waals surface area (Å²) in [7, 11) is 0. The predicted octanol–water partition coefficient (Wildman–Crippen LogP) is 4.62. The van der Waals surface area contributed by atoms with E-state index in [1.54, 1.807) is 12.1 Å². The summed E-state index contributed by atoms with van der Waals surface area (Å²) >= 11 is 0. The first-order valence-electron chi connectivity index (χ1n) is 8.88. The van der Waals surface area contributed by atoms with Gasteiger partial charge in [0.2, 0.25) is 0 Å². The van der Waals surface area contributed by atoms with Crippen molar-refractivity contribution in [3.8, 4) is 0 Å². The molecule has 1 fully saturated rings. The van der Waals surface area contributed by atoms with Gasteiger partial charge in [-0.05, 0) is 55.8 Å². The van der Waals surface area contributed by atoms with E-state index in [0.29, 0.717) is 0 Å². The number of pyridine rings is 1. The molecule has 1 atom stereocenters. The van der Waals surface area contributed by atoms with Gasteiger partial charge in [0.05, 0.1) is 23.4 Å². The third-order valence-electron chi connectivity index (χ3n) is 4.93. The van der Waals surface area contributed by atoms with E-state index in [9.17, 15) is 4.39 Å². The first kappa shape index (κ1) is 16.0. The van der Waals surface area contributed by atoms with Gasteiger partial charge in [0.1, 0.15) is 5.82 Å². The van der Waals surface area contributed by atoms with Crippen molar-refractivity contribution < 1.29 is 4.39 Å². The van der Waals surface area contributed by atoms with Crippen LogP contribution in [0.1, 0.15) is 24.4 Å². The highest BCUT2D eigenvalue weighted by Gasteiger charge is 2.23. The van der Waals surface area contributed by atoms with E-state index < -0.39 is 0 Å². The molecule has 1 unspecified atom stereocenters. The van der Waals surface area contributed by atoms with E-state index in [2.05, 4.69) is 27.3 Å². The van der Waals surface area contributed by atoms with Crippen LogP contribution in [0.15, 0.2) is 60.8 Å². The van der Waals surface area contributed by atoms with Crippen molar-refractivity contribution in [3.05, 3.63) is 72.2 Å². The Bertz CT molecular complexity index is 841. The molecule has 1 saturated heterocycles. The summed E-state index contributed by atoms with van der Waals surface area (Å²) in [5.74, 6) is -0.185. The summed E-state index contributed by atoms with van der Waals surface area (Å²) in [5.41, 5.74) is 3.18. The maximum Gasteiger partial charge on any atom is 0.123 e. The monoisotopic (exact) mass is 335 g/mol. The molecule has 1 aliphatic rings. The summed E-state index contributed by atoms with van der Waals surface area (Å²) < 4.78 is 13.3. The number of aromatic nitrogens is 1. The predicted molar refractivity (Wildman–Crippen MR) is 100 cm³/mol. The first-order chi connectivity index (χ1) is 12.3. The fourth-order valence-electron chi connectivity index (χ4n) is 3.58. The summed E-state index contributed by atoms with van der Waals surface area (Å²) in [5, 5.41) is 4.66. The van der Waals surface area contributed by atoms with Crippen LogP contribution in [-0.4, -0.2) is 29.5 Å². The maximum absolute atomic E-state index is 13.3. The SMILES string of the molecule is Fc1ccc(C(CNc2cnc3ccccc3c2)N2CCCC2)cc1. The lowest BCUT2D eigenvalue weighted by atomic mass is 10.1. The molecule has 0 aliphatic carbocycles. The Hall–Kier alpha value is -2.46. The van der Waals surface area contributed by atoms with Crippen molar-refractivity contribution in [1.82, 2.24) is 9.88 Å².